The third-order valence-corrected chi connectivity index (χ3v) is 7.50. The topological polar surface area (TPSA) is 88.0 Å². The number of methoxy groups -OCH3 is 1. The molecule has 13 heteroatoms. The molecular formula is C26H29F4N5O3S. The Balaban J connectivity index is 1.61. The van der Waals surface area contributed by atoms with Crippen molar-refractivity contribution in [3.8, 4) is 17.6 Å². The van der Waals surface area contributed by atoms with Crippen LogP contribution < -0.4 is 15.4 Å². The molecule has 0 unspecified atom stereocenters. The van der Waals surface area contributed by atoms with Crippen molar-refractivity contribution in [1.29, 1.82) is 0 Å². The van der Waals surface area contributed by atoms with Crippen molar-refractivity contribution in [1.82, 2.24) is 14.5 Å². The average Bonchev–Trinajstić information content (AvgIpc) is 3.19. The standard InChI is InChI=1S/C26H29F4N5O3S/c1-34-13-11-21(19(27)16-34)32-25-8-4-7-23-18(15-26(28,29)30)20(33-35(23)25)6-5-12-31-22-10-9-17(39(3,36)37)14-24(22)38-2/h4,7-10,14,19,21,31-32H,11-13,15-16H2,1-3H3/t19-,21+/m0/s1. The van der Waals surface area contributed by atoms with Crippen LogP contribution in [0.3, 0.4) is 0 Å². The second-order valence-corrected chi connectivity index (χ2v) is 11.5. The zero-order chi connectivity index (χ0) is 28.4. The molecule has 3 aromatic rings. The molecule has 0 radical (unpaired) electrons. The number of benzene rings is 1. The Morgan fingerprint density at radius 1 is 1.23 bits per heavy atom. The lowest BCUT2D eigenvalue weighted by Crippen LogP contribution is -2.46. The molecule has 1 aromatic carbocycles. The summed E-state index contributed by atoms with van der Waals surface area (Å²) in [5.41, 5.74) is 0.586. The molecule has 1 fully saturated rings. The monoisotopic (exact) mass is 567 g/mol. The number of alkyl halides is 4. The second-order valence-electron chi connectivity index (χ2n) is 9.43. The van der Waals surface area contributed by atoms with Crippen molar-refractivity contribution >= 4 is 26.9 Å². The molecule has 2 N–H and O–H groups in total. The van der Waals surface area contributed by atoms with Crippen molar-refractivity contribution in [2.75, 3.05) is 50.7 Å². The zero-order valence-corrected chi connectivity index (χ0v) is 22.5. The van der Waals surface area contributed by atoms with E-state index in [1.807, 2.05) is 11.9 Å². The zero-order valence-electron chi connectivity index (χ0n) is 21.6. The van der Waals surface area contributed by atoms with Crippen molar-refractivity contribution < 1.29 is 30.7 Å². The van der Waals surface area contributed by atoms with Crippen LogP contribution in [0, 0.1) is 11.8 Å². The predicted octanol–water partition coefficient (Wildman–Crippen LogP) is 3.77. The van der Waals surface area contributed by atoms with Crippen molar-refractivity contribution in [2.45, 2.75) is 36.1 Å². The van der Waals surface area contributed by atoms with E-state index in [0.717, 1.165) is 6.26 Å². The number of ether oxygens (including phenoxy) is 1. The molecule has 1 aliphatic rings. The molecule has 2 aromatic heterocycles. The molecule has 1 saturated heterocycles. The van der Waals surface area contributed by atoms with Gasteiger partial charge in [-0.05, 0) is 43.7 Å². The highest BCUT2D eigenvalue weighted by atomic mass is 32.2. The Morgan fingerprint density at radius 2 is 2.00 bits per heavy atom. The van der Waals surface area contributed by atoms with E-state index in [0.29, 0.717) is 24.5 Å². The van der Waals surface area contributed by atoms with E-state index in [1.54, 1.807) is 12.1 Å². The minimum absolute atomic E-state index is 0.0259. The summed E-state index contributed by atoms with van der Waals surface area (Å²) in [5.74, 6) is 6.17. The number of piperidine rings is 1. The van der Waals surface area contributed by atoms with Gasteiger partial charge in [-0.3, -0.25) is 0 Å². The first-order valence-corrected chi connectivity index (χ1v) is 14.0. The molecule has 3 heterocycles. The van der Waals surface area contributed by atoms with Crippen molar-refractivity contribution in [3.05, 3.63) is 47.7 Å². The van der Waals surface area contributed by atoms with Gasteiger partial charge in [0.1, 0.15) is 23.4 Å². The Morgan fingerprint density at radius 3 is 2.67 bits per heavy atom. The summed E-state index contributed by atoms with van der Waals surface area (Å²) in [6.45, 7) is 0.980. The van der Waals surface area contributed by atoms with Gasteiger partial charge in [-0.25, -0.2) is 17.3 Å². The fourth-order valence-corrected chi connectivity index (χ4v) is 5.06. The van der Waals surface area contributed by atoms with Crippen LogP contribution in [0.15, 0.2) is 41.3 Å². The van der Waals surface area contributed by atoms with Gasteiger partial charge in [0.25, 0.3) is 0 Å². The largest absolute Gasteiger partial charge is 0.495 e. The average molecular weight is 568 g/mol. The third-order valence-electron chi connectivity index (χ3n) is 6.39. The van der Waals surface area contributed by atoms with Crippen LogP contribution in [-0.4, -0.2) is 81.4 Å². The Kier molecular flexibility index (Phi) is 8.27. The second kappa shape index (κ2) is 11.3. The highest BCUT2D eigenvalue weighted by Crippen LogP contribution is 2.29. The number of anilines is 2. The quantitative estimate of drug-likeness (QED) is 0.332. The van der Waals surface area contributed by atoms with Gasteiger partial charge in [-0.2, -0.15) is 18.3 Å². The van der Waals surface area contributed by atoms with Gasteiger partial charge >= 0.3 is 6.18 Å². The molecule has 0 saturated carbocycles. The Bertz CT molecular complexity index is 1510. The maximum atomic E-state index is 14.6. The van der Waals surface area contributed by atoms with Crippen LogP contribution in [0.25, 0.3) is 5.52 Å². The molecule has 2 atom stereocenters. The van der Waals surface area contributed by atoms with Gasteiger partial charge in [-0.15, -0.1) is 0 Å². The lowest BCUT2D eigenvalue weighted by atomic mass is 10.0. The molecule has 8 nitrogen and oxygen atoms in total. The minimum Gasteiger partial charge on any atom is -0.495 e. The number of hydrogen-bond donors (Lipinski definition) is 2. The number of halogens is 4. The number of hydrogen-bond acceptors (Lipinski definition) is 7. The number of likely N-dealkylation sites (tertiary alicyclic amines) is 1. The fourth-order valence-electron chi connectivity index (χ4n) is 4.43. The summed E-state index contributed by atoms with van der Waals surface area (Å²) in [6.07, 6.45) is -5.24. The molecule has 0 amide bonds. The fraction of sp³-hybridized carbons (Fsp3) is 0.423. The molecule has 39 heavy (non-hydrogen) atoms. The van der Waals surface area contributed by atoms with E-state index in [-0.39, 0.29) is 40.5 Å². The third kappa shape index (κ3) is 6.93. The molecule has 0 spiro atoms. The number of rotatable bonds is 7. The highest BCUT2D eigenvalue weighted by Gasteiger charge is 2.32. The molecule has 0 aliphatic carbocycles. The Hall–Kier alpha value is -3.50. The van der Waals surface area contributed by atoms with Crippen LogP contribution in [-0.2, 0) is 16.3 Å². The van der Waals surface area contributed by atoms with E-state index < -0.39 is 34.6 Å². The van der Waals surface area contributed by atoms with Crippen LogP contribution >= 0.6 is 0 Å². The summed E-state index contributed by atoms with van der Waals surface area (Å²) in [4.78, 5) is 1.97. The minimum atomic E-state index is -4.49. The summed E-state index contributed by atoms with van der Waals surface area (Å²) >= 11 is 0. The first-order chi connectivity index (χ1) is 18.4. The molecule has 1 aliphatic heterocycles. The summed E-state index contributed by atoms with van der Waals surface area (Å²) in [7, 11) is -0.207. The van der Waals surface area contributed by atoms with Crippen LogP contribution in [0.1, 0.15) is 17.7 Å². The summed E-state index contributed by atoms with van der Waals surface area (Å²) in [5, 5.41) is 10.4. The van der Waals surface area contributed by atoms with Gasteiger partial charge in [-0.1, -0.05) is 12.0 Å². The number of pyridine rings is 1. The van der Waals surface area contributed by atoms with E-state index in [9.17, 15) is 26.0 Å². The lowest BCUT2D eigenvalue weighted by molar-refractivity contribution is -0.127. The van der Waals surface area contributed by atoms with Crippen LogP contribution in [0.2, 0.25) is 0 Å². The molecule has 0 bridgehead atoms. The first kappa shape index (κ1) is 28.5. The van der Waals surface area contributed by atoms with Gasteiger partial charge in [0, 0.05) is 31.0 Å². The molecule has 4 rings (SSSR count). The van der Waals surface area contributed by atoms with Crippen molar-refractivity contribution in [3.63, 3.8) is 0 Å². The molecular weight excluding hydrogens is 538 g/mol. The van der Waals surface area contributed by atoms with Gasteiger partial charge < -0.3 is 20.3 Å². The lowest BCUT2D eigenvalue weighted by Gasteiger charge is -2.33. The van der Waals surface area contributed by atoms with E-state index in [2.05, 4.69) is 27.6 Å². The number of fused-ring (bicyclic) bond motifs is 1. The Labute approximate surface area is 224 Å². The summed E-state index contributed by atoms with van der Waals surface area (Å²) in [6, 6.07) is 8.59. The van der Waals surface area contributed by atoms with Gasteiger partial charge in [0.05, 0.1) is 42.2 Å². The highest BCUT2D eigenvalue weighted by molar-refractivity contribution is 7.90. The number of nitrogens with zero attached hydrogens (tertiary/aromatic N) is 3. The number of sulfone groups is 1. The van der Waals surface area contributed by atoms with Crippen LogP contribution in [0.5, 0.6) is 5.75 Å². The SMILES string of the molecule is COc1cc(S(C)(=O)=O)ccc1NCC#Cc1nn2c(N[C@@H]3CCN(C)C[C@@H]3F)cccc2c1CC(F)(F)F. The maximum Gasteiger partial charge on any atom is 0.393 e. The normalized spacial score (nSPS) is 18.4. The van der Waals surface area contributed by atoms with E-state index in [1.165, 1.54) is 35.9 Å². The predicted molar refractivity (Wildman–Crippen MR) is 141 cm³/mol. The first-order valence-electron chi connectivity index (χ1n) is 12.1. The smallest absolute Gasteiger partial charge is 0.393 e. The maximum absolute atomic E-state index is 14.6. The van der Waals surface area contributed by atoms with Crippen LogP contribution in [0.4, 0.5) is 29.1 Å². The van der Waals surface area contributed by atoms with Crippen molar-refractivity contribution in [2.24, 2.45) is 0 Å². The number of nitrogens with one attached hydrogen (secondary N) is 2. The van der Waals surface area contributed by atoms with E-state index >= 15 is 0 Å². The summed E-state index contributed by atoms with van der Waals surface area (Å²) < 4.78 is 85.2. The number of aromatic nitrogens is 2. The van der Waals surface area contributed by atoms with E-state index in [4.69, 9.17) is 4.74 Å². The molecule has 210 valence electrons. The van der Waals surface area contributed by atoms with Gasteiger partial charge in [0.15, 0.2) is 9.84 Å². The van der Waals surface area contributed by atoms with Gasteiger partial charge in [0.2, 0.25) is 0 Å².